The predicted molar refractivity (Wildman–Crippen MR) is 76.0 cm³/mol. The molecule has 3 aromatic rings. The van der Waals surface area contributed by atoms with Crippen molar-refractivity contribution in [1.29, 1.82) is 0 Å². The second-order valence-corrected chi connectivity index (χ2v) is 4.72. The number of nitrogens with zero attached hydrogens (tertiary/aromatic N) is 1. The van der Waals surface area contributed by atoms with Crippen molar-refractivity contribution in [2.75, 3.05) is 0 Å². The van der Waals surface area contributed by atoms with Crippen molar-refractivity contribution in [3.05, 3.63) is 42.5 Å². The minimum absolute atomic E-state index is 0.334. The monoisotopic (exact) mass is 239 g/mol. The fourth-order valence-corrected chi connectivity index (χ4v) is 2.60. The van der Waals surface area contributed by atoms with Crippen LogP contribution in [0, 0.1) is 0 Å². The maximum absolute atomic E-state index is 9.67. The van der Waals surface area contributed by atoms with Crippen LogP contribution in [-0.2, 0) is 6.54 Å². The summed E-state index contributed by atoms with van der Waals surface area (Å²) in [5.41, 5.74) is 2.47. The van der Waals surface area contributed by atoms with E-state index in [0.29, 0.717) is 5.75 Å². The van der Waals surface area contributed by atoms with Crippen molar-refractivity contribution >= 4 is 21.8 Å². The summed E-state index contributed by atoms with van der Waals surface area (Å²) in [5.74, 6) is 0.334. The van der Waals surface area contributed by atoms with Crippen molar-refractivity contribution in [2.24, 2.45) is 0 Å². The Hall–Kier alpha value is -1.96. The van der Waals surface area contributed by atoms with Gasteiger partial charge in [0.1, 0.15) is 5.75 Å². The van der Waals surface area contributed by atoms with Gasteiger partial charge in [0.05, 0.1) is 0 Å². The van der Waals surface area contributed by atoms with Crippen molar-refractivity contribution in [3.8, 4) is 5.75 Å². The summed E-state index contributed by atoms with van der Waals surface area (Å²) in [5, 5.41) is 12.0. The lowest BCUT2D eigenvalue weighted by Crippen LogP contribution is -1.96. The van der Waals surface area contributed by atoms with E-state index >= 15 is 0 Å². The molecule has 0 amide bonds. The average molecular weight is 239 g/mol. The van der Waals surface area contributed by atoms with E-state index in [9.17, 15) is 5.11 Å². The zero-order valence-electron chi connectivity index (χ0n) is 10.6. The van der Waals surface area contributed by atoms with Crippen LogP contribution in [0.3, 0.4) is 0 Å². The Bertz CT molecular complexity index is 697. The SMILES string of the molecule is CCCCn1c2ccccc2c2cc(O)ccc21. The highest BCUT2D eigenvalue weighted by molar-refractivity contribution is 6.08. The molecule has 0 spiro atoms. The molecule has 0 atom stereocenters. The Morgan fingerprint density at radius 2 is 1.78 bits per heavy atom. The molecule has 0 aliphatic rings. The molecule has 0 unspecified atom stereocenters. The lowest BCUT2D eigenvalue weighted by Gasteiger charge is -2.06. The van der Waals surface area contributed by atoms with Crippen LogP contribution in [0.1, 0.15) is 19.8 Å². The van der Waals surface area contributed by atoms with E-state index in [1.807, 2.05) is 12.1 Å². The molecule has 18 heavy (non-hydrogen) atoms. The summed E-state index contributed by atoms with van der Waals surface area (Å²) >= 11 is 0. The third-order valence-electron chi connectivity index (χ3n) is 3.49. The van der Waals surface area contributed by atoms with Gasteiger partial charge in [0.2, 0.25) is 0 Å². The highest BCUT2D eigenvalue weighted by Crippen LogP contribution is 2.31. The molecule has 0 radical (unpaired) electrons. The molecule has 1 heterocycles. The predicted octanol–water partition coefficient (Wildman–Crippen LogP) is 4.30. The first-order valence-electron chi connectivity index (χ1n) is 6.51. The lowest BCUT2D eigenvalue weighted by molar-refractivity contribution is 0.476. The van der Waals surface area contributed by atoms with Gasteiger partial charge in [0.15, 0.2) is 0 Å². The maximum atomic E-state index is 9.67. The minimum atomic E-state index is 0.334. The van der Waals surface area contributed by atoms with Crippen molar-refractivity contribution in [2.45, 2.75) is 26.3 Å². The van der Waals surface area contributed by atoms with Crippen molar-refractivity contribution < 1.29 is 5.11 Å². The van der Waals surface area contributed by atoms with Crippen LogP contribution in [0.4, 0.5) is 0 Å². The van der Waals surface area contributed by atoms with E-state index in [0.717, 1.165) is 11.9 Å². The number of benzene rings is 2. The van der Waals surface area contributed by atoms with Gasteiger partial charge in [-0.2, -0.15) is 0 Å². The fraction of sp³-hybridized carbons (Fsp3) is 0.250. The van der Waals surface area contributed by atoms with E-state index in [1.54, 1.807) is 6.07 Å². The van der Waals surface area contributed by atoms with Gasteiger partial charge in [-0.15, -0.1) is 0 Å². The molecular formula is C16H17NO. The third-order valence-corrected chi connectivity index (χ3v) is 3.49. The minimum Gasteiger partial charge on any atom is -0.508 e. The van der Waals surface area contributed by atoms with Gasteiger partial charge >= 0.3 is 0 Å². The largest absolute Gasteiger partial charge is 0.508 e. The van der Waals surface area contributed by atoms with E-state index in [2.05, 4.69) is 35.8 Å². The molecule has 0 saturated heterocycles. The van der Waals surface area contributed by atoms with Gasteiger partial charge in [-0.25, -0.2) is 0 Å². The number of aryl methyl sites for hydroxylation is 1. The van der Waals surface area contributed by atoms with Crippen LogP contribution in [0.5, 0.6) is 5.75 Å². The van der Waals surface area contributed by atoms with Gasteiger partial charge < -0.3 is 9.67 Å². The van der Waals surface area contributed by atoms with Crippen molar-refractivity contribution in [3.63, 3.8) is 0 Å². The van der Waals surface area contributed by atoms with Gasteiger partial charge in [0.25, 0.3) is 0 Å². The maximum Gasteiger partial charge on any atom is 0.116 e. The molecule has 3 rings (SSSR count). The van der Waals surface area contributed by atoms with Crippen LogP contribution in [-0.4, -0.2) is 9.67 Å². The number of phenols is 1. The highest BCUT2D eigenvalue weighted by Gasteiger charge is 2.09. The number of rotatable bonds is 3. The molecule has 0 aliphatic heterocycles. The van der Waals surface area contributed by atoms with Gasteiger partial charge in [0, 0.05) is 28.4 Å². The van der Waals surface area contributed by atoms with E-state index in [4.69, 9.17) is 0 Å². The van der Waals surface area contributed by atoms with Crippen molar-refractivity contribution in [1.82, 2.24) is 4.57 Å². The van der Waals surface area contributed by atoms with Crippen LogP contribution in [0.25, 0.3) is 21.8 Å². The molecule has 2 heteroatoms. The molecule has 0 fully saturated rings. The van der Waals surface area contributed by atoms with E-state index < -0.39 is 0 Å². The number of aromatic hydroxyl groups is 1. The third kappa shape index (κ3) is 1.65. The standard InChI is InChI=1S/C16H17NO/c1-2-3-10-17-15-7-5-4-6-13(15)14-11-12(18)8-9-16(14)17/h4-9,11,18H,2-3,10H2,1H3. The Labute approximate surface area is 106 Å². The summed E-state index contributed by atoms with van der Waals surface area (Å²) in [6.07, 6.45) is 2.36. The Balaban J connectivity index is 2.34. The normalized spacial score (nSPS) is 11.4. The molecular weight excluding hydrogens is 222 g/mol. The Morgan fingerprint density at radius 3 is 2.61 bits per heavy atom. The summed E-state index contributed by atoms with van der Waals surface area (Å²) in [6.45, 7) is 3.24. The number of para-hydroxylation sites is 1. The highest BCUT2D eigenvalue weighted by atomic mass is 16.3. The number of fused-ring (bicyclic) bond motifs is 3. The average Bonchev–Trinajstić information content (AvgIpc) is 2.70. The Kier molecular flexibility index (Phi) is 2.71. The fourth-order valence-electron chi connectivity index (χ4n) is 2.60. The molecule has 0 saturated carbocycles. The molecule has 92 valence electrons. The van der Waals surface area contributed by atoms with Crippen LogP contribution >= 0.6 is 0 Å². The number of hydrogen-bond acceptors (Lipinski definition) is 1. The molecule has 2 nitrogen and oxygen atoms in total. The zero-order valence-corrected chi connectivity index (χ0v) is 10.6. The molecule has 0 aliphatic carbocycles. The molecule has 0 bridgehead atoms. The smallest absolute Gasteiger partial charge is 0.116 e. The van der Waals surface area contributed by atoms with Crippen LogP contribution < -0.4 is 0 Å². The quantitative estimate of drug-likeness (QED) is 0.724. The molecule has 1 aromatic heterocycles. The second kappa shape index (κ2) is 4.37. The molecule has 2 aromatic carbocycles. The summed E-state index contributed by atoms with van der Waals surface area (Å²) in [4.78, 5) is 0. The van der Waals surface area contributed by atoms with Gasteiger partial charge in [-0.3, -0.25) is 0 Å². The first kappa shape index (κ1) is 11.1. The summed E-state index contributed by atoms with van der Waals surface area (Å²) in [6, 6.07) is 14.0. The Morgan fingerprint density at radius 1 is 1.00 bits per heavy atom. The second-order valence-electron chi connectivity index (χ2n) is 4.72. The van der Waals surface area contributed by atoms with E-state index in [-0.39, 0.29) is 0 Å². The van der Waals surface area contributed by atoms with Crippen LogP contribution in [0.15, 0.2) is 42.5 Å². The number of hydrogen-bond donors (Lipinski definition) is 1. The van der Waals surface area contributed by atoms with E-state index in [1.165, 1.54) is 29.3 Å². The summed E-state index contributed by atoms with van der Waals surface area (Å²) in [7, 11) is 0. The first-order chi connectivity index (χ1) is 8.81. The van der Waals surface area contributed by atoms with Gasteiger partial charge in [-0.05, 0) is 30.7 Å². The summed E-state index contributed by atoms with van der Waals surface area (Å²) < 4.78 is 2.35. The zero-order chi connectivity index (χ0) is 12.5. The number of unbranched alkanes of at least 4 members (excludes halogenated alkanes) is 1. The topological polar surface area (TPSA) is 25.2 Å². The molecule has 1 N–H and O–H groups in total. The number of aromatic nitrogens is 1. The van der Waals surface area contributed by atoms with Crippen LogP contribution in [0.2, 0.25) is 0 Å². The lowest BCUT2D eigenvalue weighted by atomic mass is 10.1. The van der Waals surface area contributed by atoms with Gasteiger partial charge in [-0.1, -0.05) is 31.5 Å². The first-order valence-corrected chi connectivity index (χ1v) is 6.51. The number of phenolic OH excluding ortho intramolecular Hbond substituents is 1.